The van der Waals surface area contributed by atoms with Crippen molar-refractivity contribution in [2.75, 3.05) is 21.6 Å². The third-order valence-electron chi connectivity index (χ3n) is 3.24. The largest absolute Gasteiger partial charge is 0.299 e. The van der Waals surface area contributed by atoms with E-state index in [1.54, 1.807) is 37.3 Å². The van der Waals surface area contributed by atoms with Crippen molar-refractivity contribution in [2.24, 2.45) is 0 Å². The number of anilines is 2. The Morgan fingerprint density at radius 2 is 1.96 bits per heavy atom. The van der Waals surface area contributed by atoms with Crippen molar-refractivity contribution in [3.8, 4) is 0 Å². The van der Waals surface area contributed by atoms with E-state index in [4.69, 9.17) is 0 Å². The van der Waals surface area contributed by atoms with Crippen molar-refractivity contribution in [1.82, 2.24) is 10.2 Å². The first-order valence-corrected chi connectivity index (χ1v) is 11.3. The van der Waals surface area contributed by atoms with Gasteiger partial charge in [0.05, 0.1) is 11.9 Å². The number of nitrogens with one attached hydrogen (secondary N) is 1. The van der Waals surface area contributed by atoms with Crippen LogP contribution in [0.5, 0.6) is 0 Å². The number of para-hydroxylation sites is 1. The van der Waals surface area contributed by atoms with Gasteiger partial charge >= 0.3 is 0 Å². The van der Waals surface area contributed by atoms with E-state index in [2.05, 4.69) is 15.5 Å². The standard InChI is InChI=1S/C15H20N4O3S3/c1-4-12(13(20)16-14-17-18-15(24-14)23-5-2)19(25(3,21)22)11-9-7-6-8-10-11/h6-10,12H,4-5H2,1-3H3,(H,16,17,20)/t12-/m1/s1. The molecule has 0 spiro atoms. The van der Waals surface area contributed by atoms with Crippen LogP contribution in [-0.4, -0.2) is 42.6 Å². The lowest BCUT2D eigenvalue weighted by Gasteiger charge is -2.29. The molecule has 0 fully saturated rings. The van der Waals surface area contributed by atoms with Crippen LogP contribution < -0.4 is 9.62 Å². The van der Waals surface area contributed by atoms with Gasteiger partial charge in [0.2, 0.25) is 21.1 Å². The molecule has 0 unspecified atom stereocenters. The molecule has 136 valence electrons. The van der Waals surface area contributed by atoms with Gasteiger partial charge in [-0.15, -0.1) is 10.2 Å². The summed E-state index contributed by atoms with van der Waals surface area (Å²) in [5, 5.41) is 11.0. The first-order valence-electron chi connectivity index (χ1n) is 7.68. The van der Waals surface area contributed by atoms with Crippen molar-refractivity contribution >= 4 is 49.8 Å². The lowest BCUT2D eigenvalue weighted by molar-refractivity contribution is -0.117. The predicted octanol–water partition coefficient (Wildman–Crippen LogP) is 2.83. The third kappa shape index (κ3) is 5.16. The minimum atomic E-state index is -3.63. The van der Waals surface area contributed by atoms with E-state index >= 15 is 0 Å². The number of rotatable bonds is 8. The van der Waals surface area contributed by atoms with E-state index in [-0.39, 0.29) is 0 Å². The first kappa shape index (κ1) is 19.7. The van der Waals surface area contributed by atoms with Gasteiger partial charge in [-0.1, -0.05) is 55.1 Å². The predicted molar refractivity (Wildman–Crippen MR) is 103 cm³/mol. The van der Waals surface area contributed by atoms with Gasteiger partial charge in [-0.3, -0.25) is 14.4 Å². The summed E-state index contributed by atoms with van der Waals surface area (Å²) < 4.78 is 26.5. The number of carbonyl (C=O) groups excluding carboxylic acids is 1. The number of aromatic nitrogens is 2. The number of nitrogens with zero attached hydrogens (tertiary/aromatic N) is 3. The van der Waals surface area contributed by atoms with Crippen molar-refractivity contribution in [1.29, 1.82) is 0 Å². The van der Waals surface area contributed by atoms with Gasteiger partial charge in [-0.25, -0.2) is 8.42 Å². The normalized spacial score (nSPS) is 12.6. The molecule has 0 saturated carbocycles. The number of carbonyl (C=O) groups is 1. The number of hydrogen-bond acceptors (Lipinski definition) is 7. The molecule has 0 aliphatic heterocycles. The summed E-state index contributed by atoms with van der Waals surface area (Å²) in [6.07, 6.45) is 1.42. The molecule has 1 atom stereocenters. The molecule has 0 saturated heterocycles. The number of hydrogen-bond donors (Lipinski definition) is 1. The Bertz CT molecular complexity index is 808. The van der Waals surface area contributed by atoms with Gasteiger partial charge in [0.1, 0.15) is 6.04 Å². The molecule has 7 nitrogen and oxygen atoms in total. The van der Waals surface area contributed by atoms with Gasteiger partial charge in [0.15, 0.2) is 4.34 Å². The molecule has 1 amide bonds. The van der Waals surface area contributed by atoms with E-state index in [1.807, 2.05) is 6.92 Å². The maximum absolute atomic E-state index is 12.7. The summed E-state index contributed by atoms with van der Waals surface area (Å²) in [7, 11) is -3.63. The van der Waals surface area contributed by atoms with Crippen LogP contribution in [0.2, 0.25) is 0 Å². The summed E-state index contributed by atoms with van der Waals surface area (Å²) in [5.74, 6) is 0.428. The lowest BCUT2D eigenvalue weighted by atomic mass is 10.2. The Labute approximate surface area is 155 Å². The Hall–Kier alpha value is -1.65. The highest BCUT2D eigenvalue weighted by molar-refractivity contribution is 8.01. The number of amides is 1. The Morgan fingerprint density at radius 3 is 2.52 bits per heavy atom. The zero-order chi connectivity index (χ0) is 18.4. The van der Waals surface area contributed by atoms with Gasteiger partial charge in [0.25, 0.3) is 0 Å². The molecule has 1 N–H and O–H groups in total. The molecule has 1 aromatic carbocycles. The van der Waals surface area contributed by atoms with Crippen LogP contribution >= 0.6 is 23.1 Å². The van der Waals surface area contributed by atoms with Crippen molar-refractivity contribution in [2.45, 2.75) is 30.6 Å². The average Bonchev–Trinajstić information content (AvgIpc) is 2.99. The highest BCUT2D eigenvalue weighted by Gasteiger charge is 2.31. The summed E-state index contributed by atoms with van der Waals surface area (Å²) in [6.45, 7) is 3.77. The Kier molecular flexibility index (Phi) is 6.79. The van der Waals surface area contributed by atoms with Crippen LogP contribution in [0.15, 0.2) is 34.7 Å². The van der Waals surface area contributed by atoms with Crippen molar-refractivity contribution in [3.63, 3.8) is 0 Å². The van der Waals surface area contributed by atoms with Crippen LogP contribution in [0.4, 0.5) is 10.8 Å². The van der Waals surface area contributed by atoms with E-state index in [0.29, 0.717) is 17.2 Å². The smallest absolute Gasteiger partial charge is 0.250 e. The Balaban J connectivity index is 2.26. The van der Waals surface area contributed by atoms with Gasteiger partial charge in [-0.05, 0) is 24.3 Å². The lowest BCUT2D eigenvalue weighted by Crippen LogP contribution is -2.46. The minimum absolute atomic E-state index is 0.323. The SMILES string of the molecule is CCSc1nnc(NC(=O)[C@@H](CC)N(c2ccccc2)S(C)(=O)=O)s1. The fraction of sp³-hybridized carbons (Fsp3) is 0.400. The minimum Gasteiger partial charge on any atom is -0.299 e. The number of thioether (sulfide) groups is 1. The molecule has 0 bridgehead atoms. The van der Waals surface area contributed by atoms with Crippen molar-refractivity contribution in [3.05, 3.63) is 30.3 Å². The second-order valence-corrected chi connectivity index (χ2v) is 9.46. The summed E-state index contributed by atoms with van der Waals surface area (Å²) in [5.41, 5.74) is 0.450. The van der Waals surface area contributed by atoms with E-state index in [1.165, 1.54) is 23.1 Å². The molecular weight excluding hydrogens is 380 g/mol. The molecule has 0 aliphatic rings. The fourth-order valence-electron chi connectivity index (χ4n) is 2.27. The van der Waals surface area contributed by atoms with Crippen LogP contribution in [0.1, 0.15) is 20.3 Å². The van der Waals surface area contributed by atoms with Crippen LogP contribution in [0.25, 0.3) is 0 Å². The quantitative estimate of drug-likeness (QED) is 0.541. The molecule has 1 heterocycles. The molecule has 10 heteroatoms. The monoisotopic (exact) mass is 400 g/mol. The highest BCUT2D eigenvalue weighted by atomic mass is 32.2. The van der Waals surface area contributed by atoms with Gasteiger partial charge < -0.3 is 0 Å². The van der Waals surface area contributed by atoms with Crippen LogP contribution in [0.3, 0.4) is 0 Å². The zero-order valence-corrected chi connectivity index (χ0v) is 16.6. The maximum atomic E-state index is 12.7. The molecule has 1 aromatic heterocycles. The summed E-state index contributed by atoms with van der Waals surface area (Å²) >= 11 is 2.80. The second kappa shape index (κ2) is 8.63. The fourth-order valence-corrected chi connectivity index (χ4v) is 5.13. The number of benzene rings is 1. The maximum Gasteiger partial charge on any atom is 0.250 e. The first-order chi connectivity index (χ1) is 11.9. The molecule has 0 aliphatic carbocycles. The topological polar surface area (TPSA) is 92.3 Å². The van der Waals surface area contributed by atoms with E-state index in [0.717, 1.165) is 20.7 Å². The summed E-state index contributed by atoms with van der Waals surface area (Å²) in [4.78, 5) is 12.7. The van der Waals surface area contributed by atoms with Crippen molar-refractivity contribution < 1.29 is 13.2 Å². The molecular formula is C15H20N4O3S3. The van der Waals surface area contributed by atoms with Crippen LogP contribution in [0, 0.1) is 0 Å². The zero-order valence-electron chi connectivity index (χ0n) is 14.2. The van der Waals surface area contributed by atoms with E-state index < -0.39 is 22.0 Å². The second-order valence-electron chi connectivity index (χ2n) is 5.11. The Morgan fingerprint density at radius 1 is 1.28 bits per heavy atom. The molecule has 25 heavy (non-hydrogen) atoms. The van der Waals surface area contributed by atoms with E-state index in [9.17, 15) is 13.2 Å². The van der Waals surface area contributed by atoms with Gasteiger partial charge in [-0.2, -0.15) is 0 Å². The molecule has 0 radical (unpaired) electrons. The average molecular weight is 401 g/mol. The highest BCUT2D eigenvalue weighted by Crippen LogP contribution is 2.27. The van der Waals surface area contributed by atoms with Gasteiger partial charge in [0, 0.05) is 0 Å². The number of sulfonamides is 1. The molecule has 2 aromatic rings. The molecule has 2 rings (SSSR count). The third-order valence-corrected chi connectivity index (χ3v) is 6.28. The van der Waals surface area contributed by atoms with Crippen LogP contribution in [-0.2, 0) is 14.8 Å². The summed E-state index contributed by atoms with van der Waals surface area (Å²) in [6, 6.07) is 7.71.